The van der Waals surface area contributed by atoms with Crippen molar-refractivity contribution in [3.63, 3.8) is 0 Å². The number of rotatable bonds is 49. The van der Waals surface area contributed by atoms with Crippen LogP contribution in [0.25, 0.3) is 0 Å². The van der Waals surface area contributed by atoms with Crippen molar-refractivity contribution in [2.24, 2.45) is 0 Å². The number of unbranched alkanes of at least 4 members (excludes halogenated alkanes) is 21. The van der Waals surface area contributed by atoms with Gasteiger partial charge in [0.15, 0.2) is 0 Å². The minimum absolute atomic E-state index is 0.0326. The van der Waals surface area contributed by atoms with Crippen molar-refractivity contribution in [2.45, 2.75) is 238 Å². The zero-order valence-electron chi connectivity index (χ0n) is 45.2. The predicted octanol–water partition coefficient (Wildman–Crippen LogP) is 16.0. The van der Waals surface area contributed by atoms with Gasteiger partial charge in [-0.1, -0.05) is 202 Å². The van der Waals surface area contributed by atoms with Crippen LogP contribution in [0, 0.1) is 0 Å². The SMILES string of the molecule is CC/C=C/C/C=C/C/C=C/CCCCCCCCC(=O)NC(COP(=O)([O-])OCC[N+](C)(C)C)C(/C=C/CCCCCCCCCCCCC)OC(=O)CCCCCC/C=C/C/C=C/C/C=C/CC. The molecular weight excluding hydrogens is 880 g/mol. The zero-order valence-corrected chi connectivity index (χ0v) is 46.1. The molecule has 10 heteroatoms. The summed E-state index contributed by atoms with van der Waals surface area (Å²) in [6.45, 7) is 6.58. The molecule has 0 aliphatic rings. The zero-order chi connectivity index (χ0) is 50.8. The number of carbonyl (C=O) groups excluding carboxylic acids is 2. The maximum Gasteiger partial charge on any atom is 0.306 e. The van der Waals surface area contributed by atoms with Crippen LogP contribution in [0.3, 0.4) is 0 Å². The van der Waals surface area contributed by atoms with E-state index in [0.29, 0.717) is 23.9 Å². The van der Waals surface area contributed by atoms with Gasteiger partial charge in [-0.2, -0.15) is 0 Å². The van der Waals surface area contributed by atoms with E-state index in [1.807, 2.05) is 33.3 Å². The van der Waals surface area contributed by atoms with E-state index in [-0.39, 0.29) is 24.9 Å². The number of nitrogens with zero attached hydrogens (tertiary/aromatic N) is 1. The van der Waals surface area contributed by atoms with Gasteiger partial charge in [-0.3, -0.25) is 14.2 Å². The maximum absolute atomic E-state index is 13.5. The fourth-order valence-corrected chi connectivity index (χ4v) is 8.27. The number of phosphoric ester groups is 1. The molecule has 9 nitrogen and oxygen atoms in total. The molecule has 1 amide bonds. The molecular formula is C59H105N2O7P. The van der Waals surface area contributed by atoms with Crippen LogP contribution < -0.4 is 10.2 Å². The van der Waals surface area contributed by atoms with Crippen LogP contribution in [0.5, 0.6) is 0 Å². The molecule has 0 bridgehead atoms. The van der Waals surface area contributed by atoms with Crippen molar-refractivity contribution in [1.29, 1.82) is 0 Å². The van der Waals surface area contributed by atoms with Gasteiger partial charge in [0.1, 0.15) is 19.3 Å². The molecule has 0 aromatic rings. The predicted molar refractivity (Wildman–Crippen MR) is 293 cm³/mol. The van der Waals surface area contributed by atoms with Gasteiger partial charge in [-0.25, -0.2) is 0 Å². The third-order valence-electron chi connectivity index (χ3n) is 11.8. The molecule has 0 aromatic carbocycles. The lowest BCUT2D eigenvalue weighted by Gasteiger charge is -2.30. The number of amides is 1. The van der Waals surface area contributed by atoms with Gasteiger partial charge in [0.25, 0.3) is 7.82 Å². The van der Waals surface area contributed by atoms with E-state index < -0.39 is 26.6 Å². The molecule has 1 N–H and O–H groups in total. The normalized spacial score (nSPS) is 14.5. The fourth-order valence-electron chi connectivity index (χ4n) is 7.55. The Labute approximate surface area is 425 Å². The number of ether oxygens (including phenoxy) is 1. The van der Waals surface area contributed by atoms with Gasteiger partial charge in [0.2, 0.25) is 5.91 Å². The van der Waals surface area contributed by atoms with Gasteiger partial charge >= 0.3 is 5.97 Å². The summed E-state index contributed by atoms with van der Waals surface area (Å²) in [6.07, 6.45) is 62.6. The number of nitrogens with one attached hydrogen (secondary N) is 1. The number of hydrogen-bond acceptors (Lipinski definition) is 7. The first-order valence-electron chi connectivity index (χ1n) is 27.9. The summed E-state index contributed by atoms with van der Waals surface area (Å²) in [5, 5.41) is 3.00. The van der Waals surface area contributed by atoms with Crippen molar-refractivity contribution >= 4 is 19.7 Å². The summed E-state index contributed by atoms with van der Waals surface area (Å²) in [5.41, 5.74) is 0. The van der Waals surface area contributed by atoms with E-state index >= 15 is 0 Å². The summed E-state index contributed by atoms with van der Waals surface area (Å²) < 4.78 is 30.2. The fraction of sp³-hybridized carbons (Fsp3) is 0.729. The third kappa shape index (κ3) is 49.9. The minimum atomic E-state index is -4.71. The second kappa shape index (κ2) is 48.8. The first kappa shape index (κ1) is 66.2. The van der Waals surface area contributed by atoms with Crippen LogP contribution in [-0.2, 0) is 27.9 Å². The highest BCUT2D eigenvalue weighted by Crippen LogP contribution is 2.38. The van der Waals surface area contributed by atoms with Crippen molar-refractivity contribution in [2.75, 3.05) is 40.9 Å². The molecule has 0 saturated heterocycles. The highest BCUT2D eigenvalue weighted by atomic mass is 31.2. The molecule has 0 aliphatic carbocycles. The van der Waals surface area contributed by atoms with Gasteiger partial charge < -0.3 is 28.5 Å². The lowest BCUT2D eigenvalue weighted by atomic mass is 10.0. The lowest BCUT2D eigenvalue weighted by Crippen LogP contribution is -2.47. The summed E-state index contributed by atoms with van der Waals surface area (Å²) in [7, 11) is 1.15. The number of likely N-dealkylation sites (N-methyl/N-ethyl adjacent to an activating group) is 1. The standard InChI is InChI=1S/C59H105N2O7P/c1-7-10-13-16-19-22-25-28-30-31-33-36-39-42-45-48-51-58(62)60-56(55-67-69(64,65)66-54-53-61(4,5)6)57(50-47-44-41-38-35-32-27-24-21-18-15-12-9-3)68-59(63)52-49-46-43-40-37-34-29-26-23-20-17-14-11-8-2/h10-11,13-14,19-20,22-23,28-30,34,47,50,56-57H,7-9,12,15-18,21,24-27,31-33,35-46,48-49,51-55H2,1-6H3,(H-,60,62,64,65)/b13-10+,14-11+,22-19+,23-20+,30-28+,34-29+,50-47+. The van der Waals surface area contributed by atoms with Crippen molar-refractivity contribution < 1.29 is 37.3 Å². The van der Waals surface area contributed by atoms with Gasteiger partial charge in [-0.05, 0) is 96.0 Å². The van der Waals surface area contributed by atoms with E-state index in [9.17, 15) is 19.0 Å². The van der Waals surface area contributed by atoms with Crippen molar-refractivity contribution in [3.8, 4) is 0 Å². The molecule has 0 saturated carbocycles. The summed E-state index contributed by atoms with van der Waals surface area (Å²) in [4.78, 5) is 39.8. The second-order valence-corrected chi connectivity index (χ2v) is 21.1. The smallest absolute Gasteiger partial charge is 0.306 e. The van der Waals surface area contributed by atoms with Crippen LogP contribution >= 0.6 is 7.82 Å². The van der Waals surface area contributed by atoms with E-state index in [1.54, 1.807) is 0 Å². The quantitative estimate of drug-likeness (QED) is 0.0212. The molecule has 0 aliphatic heterocycles. The van der Waals surface area contributed by atoms with Gasteiger partial charge in [-0.15, -0.1) is 0 Å². The van der Waals surface area contributed by atoms with Crippen LogP contribution in [0.1, 0.15) is 226 Å². The van der Waals surface area contributed by atoms with E-state index in [1.165, 1.54) is 57.8 Å². The van der Waals surface area contributed by atoms with Crippen LogP contribution in [-0.4, -0.2) is 69.4 Å². The third-order valence-corrected chi connectivity index (χ3v) is 12.8. The molecule has 3 atom stereocenters. The van der Waals surface area contributed by atoms with Gasteiger partial charge in [0, 0.05) is 12.8 Å². The second-order valence-electron chi connectivity index (χ2n) is 19.7. The average Bonchev–Trinajstić information content (AvgIpc) is 3.31. The molecule has 0 heterocycles. The maximum atomic E-state index is 13.5. The summed E-state index contributed by atoms with van der Waals surface area (Å²) >= 11 is 0. The number of allylic oxidation sites excluding steroid dienone is 13. The molecule has 69 heavy (non-hydrogen) atoms. The molecule has 0 fully saturated rings. The molecule has 0 spiro atoms. The summed E-state index contributed by atoms with van der Waals surface area (Å²) in [5.74, 6) is -0.587. The Kier molecular flexibility index (Phi) is 46.8. The van der Waals surface area contributed by atoms with E-state index in [2.05, 4.69) is 99.0 Å². The number of hydrogen-bond donors (Lipinski definition) is 1. The lowest BCUT2D eigenvalue weighted by molar-refractivity contribution is -0.870. The molecule has 0 aromatic heterocycles. The highest BCUT2D eigenvalue weighted by molar-refractivity contribution is 7.45. The highest BCUT2D eigenvalue weighted by Gasteiger charge is 2.27. The Balaban J connectivity index is 5.45. The molecule has 0 rings (SSSR count). The van der Waals surface area contributed by atoms with Crippen LogP contribution in [0.4, 0.5) is 0 Å². The minimum Gasteiger partial charge on any atom is -0.756 e. The molecule has 0 radical (unpaired) electrons. The van der Waals surface area contributed by atoms with Crippen molar-refractivity contribution in [1.82, 2.24) is 5.32 Å². The van der Waals surface area contributed by atoms with Gasteiger partial charge in [0.05, 0.1) is 33.8 Å². The Hall–Kier alpha value is -2.81. The number of phosphoric acid groups is 1. The average molecular weight is 985 g/mol. The molecule has 3 unspecified atom stereocenters. The first-order valence-corrected chi connectivity index (χ1v) is 29.4. The number of quaternary nitrogens is 1. The Morgan fingerprint density at radius 1 is 0.522 bits per heavy atom. The van der Waals surface area contributed by atoms with Crippen molar-refractivity contribution in [3.05, 3.63) is 85.1 Å². The largest absolute Gasteiger partial charge is 0.756 e. The monoisotopic (exact) mass is 985 g/mol. The molecule has 398 valence electrons. The Morgan fingerprint density at radius 3 is 1.39 bits per heavy atom. The first-order chi connectivity index (χ1) is 33.4. The summed E-state index contributed by atoms with van der Waals surface area (Å²) in [6, 6.07) is -0.907. The number of esters is 1. The topological polar surface area (TPSA) is 114 Å². The van der Waals surface area contributed by atoms with Crippen LogP contribution in [0.15, 0.2) is 85.1 Å². The number of carbonyl (C=O) groups is 2. The van der Waals surface area contributed by atoms with Crippen LogP contribution in [0.2, 0.25) is 0 Å². The Bertz CT molecular complexity index is 1460. The Morgan fingerprint density at radius 2 is 0.928 bits per heavy atom. The van der Waals surface area contributed by atoms with E-state index in [0.717, 1.165) is 128 Å². The van der Waals surface area contributed by atoms with E-state index in [4.69, 9.17) is 13.8 Å².